The molecule has 116 valence electrons. The second-order valence-electron chi connectivity index (χ2n) is 5.78. The summed E-state index contributed by atoms with van der Waals surface area (Å²) in [6, 6.07) is 3.79. The molecule has 1 aliphatic rings. The Hall–Kier alpha value is -1.29. The zero-order chi connectivity index (χ0) is 15.4. The van der Waals surface area contributed by atoms with Crippen LogP contribution in [0, 0.1) is 5.92 Å². The SMILES string of the molecule is CCC1CCC(N(C)C(=O)c2nc(NC)ccc2Cl)CC1. The minimum atomic E-state index is -0.0861. The molecule has 1 aliphatic carbocycles. The average Bonchev–Trinajstić information content (AvgIpc) is 2.54. The fourth-order valence-corrected chi connectivity index (χ4v) is 3.19. The van der Waals surface area contributed by atoms with E-state index in [0.29, 0.717) is 22.6 Å². The van der Waals surface area contributed by atoms with Gasteiger partial charge in [0, 0.05) is 20.1 Å². The van der Waals surface area contributed by atoms with E-state index in [0.717, 1.165) is 18.8 Å². The maximum absolute atomic E-state index is 12.6. The lowest BCUT2D eigenvalue weighted by Gasteiger charge is -2.34. The summed E-state index contributed by atoms with van der Waals surface area (Å²) in [6.45, 7) is 2.24. The van der Waals surface area contributed by atoms with Gasteiger partial charge in [-0.15, -0.1) is 0 Å². The molecule has 0 atom stereocenters. The van der Waals surface area contributed by atoms with Gasteiger partial charge in [0.25, 0.3) is 5.91 Å². The van der Waals surface area contributed by atoms with Gasteiger partial charge in [-0.2, -0.15) is 0 Å². The lowest BCUT2D eigenvalue weighted by atomic mass is 9.84. The summed E-state index contributed by atoms with van der Waals surface area (Å²) in [5.41, 5.74) is 0.337. The summed E-state index contributed by atoms with van der Waals surface area (Å²) in [4.78, 5) is 18.8. The molecule has 1 amide bonds. The van der Waals surface area contributed by atoms with E-state index in [1.165, 1.54) is 19.3 Å². The summed E-state index contributed by atoms with van der Waals surface area (Å²) in [7, 11) is 3.64. The predicted octanol–water partition coefficient (Wildman–Crippen LogP) is 3.82. The molecular formula is C16H24ClN3O. The van der Waals surface area contributed by atoms with Crippen molar-refractivity contribution in [2.75, 3.05) is 19.4 Å². The number of carbonyl (C=O) groups is 1. The van der Waals surface area contributed by atoms with E-state index in [1.807, 2.05) is 11.9 Å². The number of pyridine rings is 1. The topological polar surface area (TPSA) is 45.2 Å². The number of amides is 1. The Kier molecular flexibility index (Phi) is 5.45. The molecule has 1 aromatic heterocycles. The molecule has 21 heavy (non-hydrogen) atoms. The Bertz CT molecular complexity index is 498. The van der Waals surface area contributed by atoms with Crippen molar-refractivity contribution in [3.63, 3.8) is 0 Å². The fraction of sp³-hybridized carbons (Fsp3) is 0.625. The number of hydrogen-bond acceptors (Lipinski definition) is 3. The van der Waals surface area contributed by atoms with Crippen molar-refractivity contribution in [2.24, 2.45) is 5.92 Å². The van der Waals surface area contributed by atoms with E-state index < -0.39 is 0 Å². The molecule has 1 heterocycles. The van der Waals surface area contributed by atoms with Crippen LogP contribution in [0.25, 0.3) is 0 Å². The largest absolute Gasteiger partial charge is 0.373 e. The van der Waals surface area contributed by atoms with E-state index >= 15 is 0 Å². The standard InChI is InChI=1S/C16H24ClN3O/c1-4-11-5-7-12(8-6-11)20(3)16(21)15-13(17)9-10-14(18-2)19-15/h9-12H,4-8H2,1-3H3,(H,18,19). The molecule has 5 heteroatoms. The summed E-state index contributed by atoms with van der Waals surface area (Å²) in [6.07, 6.45) is 5.79. The Balaban J connectivity index is 2.09. The van der Waals surface area contributed by atoms with Crippen molar-refractivity contribution >= 4 is 23.3 Å². The van der Waals surface area contributed by atoms with Crippen molar-refractivity contribution in [3.8, 4) is 0 Å². The highest BCUT2D eigenvalue weighted by molar-refractivity contribution is 6.33. The highest BCUT2D eigenvalue weighted by Gasteiger charge is 2.28. The van der Waals surface area contributed by atoms with E-state index in [4.69, 9.17) is 11.6 Å². The first-order valence-electron chi connectivity index (χ1n) is 7.68. The molecule has 1 aromatic rings. The molecule has 1 N–H and O–H groups in total. The van der Waals surface area contributed by atoms with Gasteiger partial charge in [0.05, 0.1) is 5.02 Å². The molecule has 0 bridgehead atoms. The fourth-order valence-electron chi connectivity index (χ4n) is 3.00. The maximum Gasteiger partial charge on any atom is 0.274 e. The number of anilines is 1. The Morgan fingerprint density at radius 1 is 1.38 bits per heavy atom. The average molecular weight is 310 g/mol. The third kappa shape index (κ3) is 3.67. The second-order valence-corrected chi connectivity index (χ2v) is 6.18. The number of hydrogen-bond donors (Lipinski definition) is 1. The second kappa shape index (κ2) is 7.12. The molecule has 0 spiro atoms. The van der Waals surface area contributed by atoms with Crippen LogP contribution in [-0.4, -0.2) is 35.9 Å². The van der Waals surface area contributed by atoms with Crippen molar-refractivity contribution in [3.05, 3.63) is 22.8 Å². The van der Waals surface area contributed by atoms with Crippen LogP contribution in [0.15, 0.2) is 12.1 Å². The number of nitrogens with one attached hydrogen (secondary N) is 1. The smallest absolute Gasteiger partial charge is 0.274 e. The summed E-state index contributed by atoms with van der Waals surface area (Å²) < 4.78 is 0. The lowest BCUT2D eigenvalue weighted by molar-refractivity contribution is 0.0669. The molecule has 0 aliphatic heterocycles. The third-order valence-corrected chi connectivity index (χ3v) is 4.87. The maximum atomic E-state index is 12.6. The van der Waals surface area contributed by atoms with E-state index in [9.17, 15) is 4.79 Å². The van der Waals surface area contributed by atoms with Gasteiger partial charge in [-0.3, -0.25) is 4.79 Å². The Labute approximate surface area is 131 Å². The normalized spacial score (nSPS) is 21.9. The summed E-state index contributed by atoms with van der Waals surface area (Å²) >= 11 is 6.14. The third-order valence-electron chi connectivity index (χ3n) is 4.57. The molecule has 4 nitrogen and oxygen atoms in total. The zero-order valence-corrected chi connectivity index (χ0v) is 13.8. The van der Waals surface area contributed by atoms with Crippen molar-refractivity contribution < 1.29 is 4.79 Å². The van der Waals surface area contributed by atoms with E-state index in [-0.39, 0.29) is 5.91 Å². The molecule has 0 saturated heterocycles. The number of nitrogens with zero attached hydrogens (tertiary/aromatic N) is 2. The van der Waals surface area contributed by atoms with Crippen molar-refractivity contribution in [1.29, 1.82) is 0 Å². The van der Waals surface area contributed by atoms with Crippen molar-refractivity contribution in [2.45, 2.75) is 45.1 Å². The number of carbonyl (C=O) groups excluding carboxylic acids is 1. The Morgan fingerprint density at radius 2 is 2.05 bits per heavy atom. The molecule has 1 saturated carbocycles. The molecular weight excluding hydrogens is 286 g/mol. The zero-order valence-electron chi connectivity index (χ0n) is 13.0. The first kappa shape index (κ1) is 16.1. The van der Waals surface area contributed by atoms with Crippen LogP contribution >= 0.6 is 11.6 Å². The van der Waals surface area contributed by atoms with Crippen LogP contribution in [0.2, 0.25) is 5.02 Å². The van der Waals surface area contributed by atoms with E-state index in [1.54, 1.807) is 19.2 Å². The van der Waals surface area contributed by atoms with Gasteiger partial charge < -0.3 is 10.2 Å². The van der Waals surface area contributed by atoms with Crippen LogP contribution in [0.4, 0.5) is 5.82 Å². The minimum Gasteiger partial charge on any atom is -0.373 e. The lowest BCUT2D eigenvalue weighted by Crippen LogP contribution is -2.40. The van der Waals surface area contributed by atoms with Gasteiger partial charge in [-0.25, -0.2) is 4.98 Å². The number of halogens is 1. The monoisotopic (exact) mass is 309 g/mol. The highest BCUT2D eigenvalue weighted by Crippen LogP contribution is 2.30. The van der Waals surface area contributed by atoms with Crippen LogP contribution in [0.1, 0.15) is 49.5 Å². The van der Waals surface area contributed by atoms with Gasteiger partial charge in [-0.05, 0) is 43.7 Å². The molecule has 0 unspecified atom stereocenters. The Morgan fingerprint density at radius 3 is 2.62 bits per heavy atom. The highest BCUT2D eigenvalue weighted by atomic mass is 35.5. The van der Waals surface area contributed by atoms with Gasteiger partial charge in [-0.1, -0.05) is 24.9 Å². The molecule has 2 rings (SSSR count). The van der Waals surface area contributed by atoms with Crippen LogP contribution in [-0.2, 0) is 0 Å². The van der Waals surface area contributed by atoms with Gasteiger partial charge in [0.15, 0.2) is 0 Å². The van der Waals surface area contributed by atoms with Crippen molar-refractivity contribution in [1.82, 2.24) is 9.88 Å². The van der Waals surface area contributed by atoms with Crippen LogP contribution < -0.4 is 5.32 Å². The molecule has 0 radical (unpaired) electrons. The number of aromatic nitrogens is 1. The predicted molar refractivity (Wildman–Crippen MR) is 86.9 cm³/mol. The molecule has 1 fully saturated rings. The van der Waals surface area contributed by atoms with Gasteiger partial charge in [0.1, 0.15) is 11.5 Å². The quantitative estimate of drug-likeness (QED) is 0.919. The molecule has 0 aromatic carbocycles. The van der Waals surface area contributed by atoms with E-state index in [2.05, 4.69) is 17.2 Å². The first-order chi connectivity index (χ1) is 10.1. The summed E-state index contributed by atoms with van der Waals surface area (Å²) in [5.74, 6) is 1.39. The van der Waals surface area contributed by atoms with Crippen LogP contribution in [0.5, 0.6) is 0 Å². The van der Waals surface area contributed by atoms with Crippen LogP contribution in [0.3, 0.4) is 0 Å². The minimum absolute atomic E-state index is 0.0861. The summed E-state index contributed by atoms with van der Waals surface area (Å²) in [5, 5.41) is 3.35. The van der Waals surface area contributed by atoms with Gasteiger partial charge >= 0.3 is 0 Å². The van der Waals surface area contributed by atoms with Gasteiger partial charge in [0.2, 0.25) is 0 Å². The first-order valence-corrected chi connectivity index (χ1v) is 8.06. The number of rotatable bonds is 4.